The summed E-state index contributed by atoms with van der Waals surface area (Å²) in [6, 6.07) is 3.76. The fourth-order valence-electron chi connectivity index (χ4n) is 1.43. The van der Waals surface area contributed by atoms with Crippen molar-refractivity contribution in [2.75, 3.05) is 12.4 Å². The smallest absolute Gasteiger partial charge is 0.156 e. The number of pyridine rings is 1. The number of anilines is 1. The standard InChI is InChI=1S/C10H11ClN4/c1-7-9(12-2)10(11)15(14-7)8-4-3-5-13-6-8/h3-6,12H,1-2H3. The molecule has 0 aromatic carbocycles. The molecule has 0 amide bonds. The van der Waals surface area contributed by atoms with Crippen LogP contribution in [0.15, 0.2) is 24.5 Å². The lowest BCUT2D eigenvalue weighted by Crippen LogP contribution is -1.97. The number of rotatable bonds is 2. The first-order chi connectivity index (χ1) is 7.24. The van der Waals surface area contributed by atoms with Crippen LogP contribution < -0.4 is 5.32 Å². The zero-order valence-corrected chi connectivity index (χ0v) is 9.28. The van der Waals surface area contributed by atoms with E-state index >= 15 is 0 Å². The van der Waals surface area contributed by atoms with E-state index in [4.69, 9.17) is 11.6 Å². The van der Waals surface area contributed by atoms with E-state index in [9.17, 15) is 0 Å². The summed E-state index contributed by atoms with van der Waals surface area (Å²) >= 11 is 6.17. The van der Waals surface area contributed by atoms with Crippen LogP contribution in [0.25, 0.3) is 5.69 Å². The highest BCUT2D eigenvalue weighted by Gasteiger charge is 2.12. The predicted octanol–water partition coefficient (Wildman–Crippen LogP) is 2.27. The SMILES string of the molecule is CNc1c(C)nn(-c2cccnc2)c1Cl. The first-order valence-corrected chi connectivity index (χ1v) is 4.95. The number of aryl methyl sites for hydroxylation is 1. The quantitative estimate of drug-likeness (QED) is 0.848. The maximum Gasteiger partial charge on any atom is 0.156 e. The Morgan fingerprint density at radius 2 is 2.27 bits per heavy atom. The molecule has 0 saturated carbocycles. The maximum atomic E-state index is 6.17. The molecule has 0 saturated heterocycles. The third kappa shape index (κ3) is 1.68. The van der Waals surface area contributed by atoms with Gasteiger partial charge in [-0.1, -0.05) is 11.6 Å². The molecule has 0 aliphatic rings. The van der Waals surface area contributed by atoms with Gasteiger partial charge in [0.1, 0.15) is 0 Å². The molecular weight excluding hydrogens is 212 g/mol. The van der Waals surface area contributed by atoms with Crippen LogP contribution in [0.1, 0.15) is 5.69 Å². The highest BCUT2D eigenvalue weighted by atomic mass is 35.5. The molecule has 0 radical (unpaired) electrons. The van der Waals surface area contributed by atoms with Gasteiger partial charge in [0.25, 0.3) is 0 Å². The fourth-order valence-corrected chi connectivity index (χ4v) is 1.80. The maximum absolute atomic E-state index is 6.17. The minimum absolute atomic E-state index is 0.572. The lowest BCUT2D eigenvalue weighted by molar-refractivity contribution is 0.857. The highest BCUT2D eigenvalue weighted by Crippen LogP contribution is 2.27. The molecule has 2 rings (SSSR count). The number of halogens is 1. The Morgan fingerprint density at radius 3 is 2.80 bits per heavy atom. The van der Waals surface area contributed by atoms with E-state index in [0.717, 1.165) is 17.1 Å². The van der Waals surface area contributed by atoms with Gasteiger partial charge in [0.2, 0.25) is 0 Å². The molecule has 0 unspecified atom stereocenters. The van der Waals surface area contributed by atoms with Gasteiger partial charge in [-0.2, -0.15) is 5.10 Å². The first-order valence-electron chi connectivity index (χ1n) is 4.57. The summed E-state index contributed by atoms with van der Waals surface area (Å²) < 4.78 is 1.66. The normalized spacial score (nSPS) is 10.3. The summed E-state index contributed by atoms with van der Waals surface area (Å²) in [5.74, 6) is 0. The molecule has 5 heteroatoms. The van der Waals surface area contributed by atoms with Crippen molar-refractivity contribution in [2.45, 2.75) is 6.92 Å². The van der Waals surface area contributed by atoms with Gasteiger partial charge in [0.15, 0.2) is 5.15 Å². The van der Waals surface area contributed by atoms with Crippen LogP contribution >= 0.6 is 11.6 Å². The molecule has 15 heavy (non-hydrogen) atoms. The Kier molecular flexibility index (Phi) is 2.60. The van der Waals surface area contributed by atoms with Crippen LogP contribution in [-0.4, -0.2) is 21.8 Å². The Balaban J connectivity index is 2.55. The molecule has 2 aromatic rings. The van der Waals surface area contributed by atoms with Gasteiger partial charge in [-0.3, -0.25) is 4.98 Å². The molecule has 4 nitrogen and oxygen atoms in total. The van der Waals surface area contributed by atoms with Gasteiger partial charge >= 0.3 is 0 Å². The van der Waals surface area contributed by atoms with Gasteiger partial charge in [-0.05, 0) is 19.1 Å². The van der Waals surface area contributed by atoms with Crippen molar-refractivity contribution < 1.29 is 0 Å². The second-order valence-electron chi connectivity index (χ2n) is 3.12. The van der Waals surface area contributed by atoms with Crippen LogP contribution in [0.2, 0.25) is 5.15 Å². The Morgan fingerprint density at radius 1 is 1.47 bits per heavy atom. The molecule has 0 aliphatic heterocycles. The molecule has 0 spiro atoms. The molecule has 0 fully saturated rings. The molecule has 78 valence electrons. The van der Waals surface area contributed by atoms with E-state index in [1.165, 1.54) is 0 Å². The van der Waals surface area contributed by atoms with Gasteiger partial charge in [0, 0.05) is 13.2 Å². The van der Waals surface area contributed by atoms with Crippen molar-refractivity contribution in [3.05, 3.63) is 35.4 Å². The number of hydrogen-bond donors (Lipinski definition) is 1. The Bertz CT molecular complexity index is 464. The Labute approximate surface area is 92.9 Å². The van der Waals surface area contributed by atoms with E-state index in [-0.39, 0.29) is 0 Å². The summed E-state index contributed by atoms with van der Waals surface area (Å²) in [6.45, 7) is 1.91. The molecule has 0 atom stereocenters. The van der Waals surface area contributed by atoms with Crippen molar-refractivity contribution in [3.63, 3.8) is 0 Å². The first kappa shape index (κ1) is 9.98. The van der Waals surface area contributed by atoms with Crippen molar-refractivity contribution in [2.24, 2.45) is 0 Å². The summed E-state index contributed by atoms with van der Waals surface area (Å²) in [6.07, 6.45) is 3.44. The van der Waals surface area contributed by atoms with Gasteiger partial charge < -0.3 is 5.32 Å². The van der Waals surface area contributed by atoms with E-state index in [0.29, 0.717) is 5.15 Å². The number of nitrogens with one attached hydrogen (secondary N) is 1. The molecule has 0 bridgehead atoms. The molecular formula is C10H11ClN4. The predicted molar refractivity (Wildman–Crippen MR) is 60.7 cm³/mol. The lowest BCUT2D eigenvalue weighted by Gasteiger charge is -2.01. The molecule has 2 aromatic heterocycles. The van der Waals surface area contributed by atoms with Crippen molar-refractivity contribution in [3.8, 4) is 5.69 Å². The lowest BCUT2D eigenvalue weighted by atomic mass is 10.4. The third-order valence-electron chi connectivity index (χ3n) is 2.14. The van der Waals surface area contributed by atoms with Gasteiger partial charge in [0.05, 0.1) is 23.3 Å². The van der Waals surface area contributed by atoms with E-state index in [1.807, 2.05) is 26.1 Å². The van der Waals surface area contributed by atoms with Crippen LogP contribution in [-0.2, 0) is 0 Å². The Hall–Kier alpha value is -1.55. The highest BCUT2D eigenvalue weighted by molar-refractivity contribution is 6.32. The van der Waals surface area contributed by atoms with Crippen LogP contribution in [0, 0.1) is 6.92 Å². The topological polar surface area (TPSA) is 42.7 Å². The van der Waals surface area contributed by atoms with Crippen molar-refractivity contribution in [1.29, 1.82) is 0 Å². The number of nitrogens with zero attached hydrogens (tertiary/aromatic N) is 3. The molecule has 0 aliphatic carbocycles. The van der Waals surface area contributed by atoms with Crippen molar-refractivity contribution >= 4 is 17.3 Å². The third-order valence-corrected chi connectivity index (χ3v) is 2.49. The number of hydrogen-bond acceptors (Lipinski definition) is 3. The average molecular weight is 223 g/mol. The summed E-state index contributed by atoms with van der Waals surface area (Å²) in [4.78, 5) is 4.03. The minimum Gasteiger partial charge on any atom is -0.384 e. The minimum atomic E-state index is 0.572. The van der Waals surface area contributed by atoms with E-state index < -0.39 is 0 Å². The van der Waals surface area contributed by atoms with Gasteiger partial charge in [-0.15, -0.1) is 0 Å². The van der Waals surface area contributed by atoms with E-state index in [2.05, 4.69) is 15.4 Å². The monoisotopic (exact) mass is 222 g/mol. The van der Waals surface area contributed by atoms with E-state index in [1.54, 1.807) is 17.1 Å². The zero-order chi connectivity index (χ0) is 10.8. The van der Waals surface area contributed by atoms with Crippen molar-refractivity contribution in [1.82, 2.24) is 14.8 Å². The van der Waals surface area contributed by atoms with Gasteiger partial charge in [-0.25, -0.2) is 4.68 Å². The summed E-state index contributed by atoms with van der Waals surface area (Å²) in [5.41, 5.74) is 2.57. The zero-order valence-electron chi connectivity index (χ0n) is 8.53. The van der Waals surface area contributed by atoms with Crippen LogP contribution in [0.5, 0.6) is 0 Å². The van der Waals surface area contributed by atoms with Crippen LogP contribution in [0.4, 0.5) is 5.69 Å². The molecule has 2 heterocycles. The summed E-state index contributed by atoms with van der Waals surface area (Å²) in [5, 5.41) is 7.92. The largest absolute Gasteiger partial charge is 0.384 e. The fraction of sp³-hybridized carbons (Fsp3) is 0.200. The molecule has 1 N–H and O–H groups in total. The summed E-state index contributed by atoms with van der Waals surface area (Å²) in [7, 11) is 1.82. The second kappa shape index (κ2) is 3.90. The second-order valence-corrected chi connectivity index (χ2v) is 3.48. The average Bonchev–Trinajstić information content (AvgIpc) is 2.55. The number of aromatic nitrogens is 3. The van der Waals surface area contributed by atoms with Crippen LogP contribution in [0.3, 0.4) is 0 Å².